The molecule has 2 rings (SSSR count). The topological polar surface area (TPSA) is 36.4 Å². The minimum Gasteiger partial charge on any atom is -0.354 e. The van der Waals surface area contributed by atoms with Crippen LogP contribution in [0.3, 0.4) is 0 Å². The lowest BCUT2D eigenvalue weighted by molar-refractivity contribution is 0.591. The zero-order chi connectivity index (χ0) is 9.97. The predicted molar refractivity (Wildman–Crippen MR) is 50.3 cm³/mol. The fourth-order valence-electron chi connectivity index (χ4n) is 1.22. The van der Waals surface area contributed by atoms with Crippen molar-refractivity contribution in [1.29, 1.82) is 0 Å². The molecule has 1 aromatic carbocycles. The van der Waals surface area contributed by atoms with Crippen LogP contribution in [-0.2, 0) is 0 Å². The van der Waals surface area contributed by atoms with Crippen LogP contribution in [0.5, 0.6) is 0 Å². The Hall–Kier alpha value is -1.65. The molecule has 2 N–H and O–H groups in total. The van der Waals surface area contributed by atoms with Crippen LogP contribution >= 0.6 is 0 Å². The first-order valence-corrected chi connectivity index (χ1v) is 4.27. The molecule has 1 aromatic rings. The average Bonchev–Trinajstić information content (AvgIpc) is 2.64. The number of benzene rings is 1. The van der Waals surface area contributed by atoms with E-state index in [0.717, 1.165) is 0 Å². The normalized spacial score (nSPS) is 14.9. The zero-order valence-electron chi connectivity index (χ0n) is 7.35. The summed E-state index contributed by atoms with van der Waals surface area (Å²) in [5.41, 5.74) is -0.166. The number of guanidine groups is 1. The molecule has 0 fully saturated rings. The van der Waals surface area contributed by atoms with Gasteiger partial charge in [0.1, 0.15) is 17.3 Å². The molecule has 14 heavy (non-hydrogen) atoms. The quantitative estimate of drug-likeness (QED) is 0.709. The molecule has 1 heterocycles. The Morgan fingerprint density at radius 3 is 2.57 bits per heavy atom. The minimum absolute atomic E-state index is 0.166. The van der Waals surface area contributed by atoms with Crippen molar-refractivity contribution in [2.75, 3.05) is 18.4 Å². The fourth-order valence-corrected chi connectivity index (χ4v) is 1.22. The molecule has 0 amide bonds. The van der Waals surface area contributed by atoms with Crippen molar-refractivity contribution in [3.05, 3.63) is 29.8 Å². The second-order valence-corrected chi connectivity index (χ2v) is 2.88. The smallest absolute Gasteiger partial charge is 0.196 e. The van der Waals surface area contributed by atoms with Crippen LogP contribution in [-0.4, -0.2) is 19.0 Å². The van der Waals surface area contributed by atoms with E-state index in [4.69, 9.17) is 0 Å². The average molecular weight is 195 g/mol. The molecule has 74 valence electrons. The van der Waals surface area contributed by atoms with Crippen molar-refractivity contribution >= 4 is 11.6 Å². The molecule has 0 unspecified atom stereocenters. The van der Waals surface area contributed by atoms with Crippen LogP contribution in [0.25, 0.3) is 0 Å². The number of aliphatic imine (C=N–C) groups is 1. The van der Waals surface area contributed by atoms with Gasteiger partial charge in [0.25, 0.3) is 0 Å². The van der Waals surface area contributed by atoms with Crippen LogP contribution in [0.15, 0.2) is 23.2 Å². The first kappa shape index (κ1) is 8.93. The highest BCUT2D eigenvalue weighted by atomic mass is 18.2. The molecule has 0 saturated carbocycles. The number of nitrogens with zero attached hydrogens (tertiary/aromatic N) is 1. The van der Waals surface area contributed by atoms with Crippen LogP contribution in [0.4, 0.5) is 14.5 Å². The Labute approximate surface area is 79.8 Å². The van der Waals surface area contributed by atoms with E-state index in [0.29, 0.717) is 19.0 Å². The van der Waals surface area contributed by atoms with Crippen LogP contribution in [0.1, 0.15) is 0 Å². The summed E-state index contributed by atoms with van der Waals surface area (Å²) in [5, 5.41) is 5.43. The van der Waals surface area contributed by atoms with Gasteiger partial charge in [-0.3, -0.25) is 4.99 Å². The summed E-state index contributed by atoms with van der Waals surface area (Å²) in [6, 6.07) is 3.71. The maximum Gasteiger partial charge on any atom is 0.196 e. The van der Waals surface area contributed by atoms with Gasteiger partial charge in [0.15, 0.2) is 5.96 Å². The Balaban J connectivity index is 2.23. The van der Waals surface area contributed by atoms with Gasteiger partial charge in [0.05, 0.1) is 6.54 Å². The van der Waals surface area contributed by atoms with Gasteiger partial charge in [-0.15, -0.1) is 0 Å². The monoisotopic (exact) mass is 195 g/mol. The second-order valence-electron chi connectivity index (χ2n) is 2.88. The van der Waals surface area contributed by atoms with E-state index in [-0.39, 0.29) is 5.69 Å². The van der Waals surface area contributed by atoms with E-state index in [1.165, 1.54) is 18.2 Å². The molecule has 5 heteroatoms. The van der Waals surface area contributed by atoms with Crippen molar-refractivity contribution in [2.24, 2.45) is 4.99 Å². The highest BCUT2D eigenvalue weighted by Gasteiger charge is 2.11. The summed E-state index contributed by atoms with van der Waals surface area (Å²) in [6.07, 6.45) is 0. The first-order valence-electron chi connectivity index (χ1n) is 4.27. The summed E-state index contributed by atoms with van der Waals surface area (Å²) in [5.74, 6) is -0.836. The molecule has 1 aliphatic rings. The van der Waals surface area contributed by atoms with Crippen LogP contribution in [0.2, 0.25) is 0 Å². The molecule has 0 saturated heterocycles. The van der Waals surface area contributed by atoms with Gasteiger partial charge in [-0.25, -0.2) is 8.78 Å². The highest BCUT2D eigenvalue weighted by molar-refractivity contribution is 5.94. The number of anilines is 1. The molecule has 0 aliphatic carbocycles. The number of hydrogen-bond donors (Lipinski definition) is 2. The molecule has 0 radical (unpaired) electrons. The zero-order valence-corrected chi connectivity index (χ0v) is 7.35. The molecular weight excluding hydrogens is 186 g/mol. The van der Waals surface area contributed by atoms with Crippen molar-refractivity contribution in [3.8, 4) is 0 Å². The summed E-state index contributed by atoms with van der Waals surface area (Å²) in [7, 11) is 0. The Kier molecular flexibility index (Phi) is 2.30. The lowest BCUT2D eigenvalue weighted by Crippen LogP contribution is -2.27. The minimum atomic E-state index is -0.624. The number of hydrogen-bond acceptors (Lipinski definition) is 3. The van der Waals surface area contributed by atoms with Crippen molar-refractivity contribution in [1.82, 2.24) is 5.32 Å². The number of halogens is 2. The maximum absolute atomic E-state index is 13.1. The Morgan fingerprint density at radius 2 is 2.00 bits per heavy atom. The summed E-state index contributed by atoms with van der Waals surface area (Å²) >= 11 is 0. The van der Waals surface area contributed by atoms with E-state index in [9.17, 15) is 8.78 Å². The molecule has 0 bridgehead atoms. The summed E-state index contributed by atoms with van der Waals surface area (Å²) < 4.78 is 26.2. The fraction of sp³-hybridized carbons (Fsp3) is 0.222. The van der Waals surface area contributed by atoms with Gasteiger partial charge < -0.3 is 10.6 Å². The van der Waals surface area contributed by atoms with E-state index in [1.807, 2.05) is 0 Å². The van der Waals surface area contributed by atoms with Gasteiger partial charge >= 0.3 is 0 Å². The van der Waals surface area contributed by atoms with Crippen LogP contribution < -0.4 is 10.6 Å². The lowest BCUT2D eigenvalue weighted by Gasteiger charge is -2.07. The summed E-state index contributed by atoms with van der Waals surface area (Å²) in [4.78, 5) is 3.97. The molecule has 1 aliphatic heterocycles. The molecule has 0 atom stereocenters. The number of rotatable bonds is 1. The Morgan fingerprint density at radius 1 is 1.29 bits per heavy atom. The molecular formula is C9H9F2N3. The van der Waals surface area contributed by atoms with Gasteiger partial charge in [-0.05, 0) is 12.1 Å². The van der Waals surface area contributed by atoms with Crippen molar-refractivity contribution in [2.45, 2.75) is 0 Å². The molecule has 3 nitrogen and oxygen atoms in total. The largest absolute Gasteiger partial charge is 0.354 e. The van der Waals surface area contributed by atoms with Gasteiger partial charge in [0, 0.05) is 6.54 Å². The standard InChI is InChI=1S/C9H9F2N3/c10-6-2-1-3-7(11)8(6)14-9-12-4-5-13-9/h1-3H,4-5H2,(H2,12,13,14)/i10-1,11-1. The van der Waals surface area contributed by atoms with E-state index >= 15 is 0 Å². The van der Waals surface area contributed by atoms with Crippen molar-refractivity contribution in [3.63, 3.8) is 0 Å². The molecule has 0 aromatic heterocycles. The third-order valence-corrected chi connectivity index (χ3v) is 1.88. The van der Waals surface area contributed by atoms with Crippen molar-refractivity contribution < 1.29 is 8.78 Å². The van der Waals surface area contributed by atoms with E-state index in [2.05, 4.69) is 15.6 Å². The third kappa shape index (κ3) is 1.66. The number of nitrogens with one attached hydrogen (secondary N) is 2. The highest BCUT2D eigenvalue weighted by Crippen LogP contribution is 2.17. The SMILES string of the molecule is [18F]c1cccc([18F])c1NC1=NCCN1. The van der Waals surface area contributed by atoms with Crippen LogP contribution in [0, 0.1) is 11.6 Å². The van der Waals surface area contributed by atoms with Gasteiger partial charge in [0.2, 0.25) is 0 Å². The lowest BCUT2D eigenvalue weighted by atomic mass is 10.3. The summed E-state index contributed by atoms with van der Waals surface area (Å²) in [6.45, 7) is 1.32. The molecule has 0 spiro atoms. The third-order valence-electron chi connectivity index (χ3n) is 1.88. The van der Waals surface area contributed by atoms with E-state index in [1.54, 1.807) is 0 Å². The van der Waals surface area contributed by atoms with Gasteiger partial charge in [-0.1, -0.05) is 6.07 Å². The first-order chi connectivity index (χ1) is 6.77. The second kappa shape index (κ2) is 3.61. The van der Waals surface area contributed by atoms with E-state index < -0.39 is 11.6 Å². The van der Waals surface area contributed by atoms with Gasteiger partial charge in [-0.2, -0.15) is 0 Å². The predicted octanol–water partition coefficient (Wildman–Crippen LogP) is 1.34. The number of para-hydroxylation sites is 1. The maximum atomic E-state index is 13.1. The Bertz CT molecular complexity index is 356.